The Kier molecular flexibility index (Phi) is 3.84. The molecule has 2 rings (SSSR count). The summed E-state index contributed by atoms with van der Waals surface area (Å²) in [7, 11) is -4.67. The van der Waals surface area contributed by atoms with Gasteiger partial charge in [0.05, 0.1) is 6.04 Å². The second kappa shape index (κ2) is 5.24. The van der Waals surface area contributed by atoms with Crippen molar-refractivity contribution in [2.24, 2.45) is 0 Å². The minimum absolute atomic E-state index is 0.0922. The van der Waals surface area contributed by atoms with Crippen LogP contribution < -0.4 is 0 Å². The third-order valence-corrected chi connectivity index (χ3v) is 4.47. The molecule has 7 heteroatoms. The standard InChI is InChI=1S/C12H15FN2O3S/c1-2-11(9-4-3-5-14-7-9)15-8-10(6-12(15)16)19(13,17)18/h3-5,7,10-11H,2,6,8H2,1H3. The average Bonchev–Trinajstić information content (AvgIpc) is 2.74. The van der Waals surface area contributed by atoms with Gasteiger partial charge in [0.2, 0.25) is 5.91 Å². The first-order valence-corrected chi connectivity index (χ1v) is 7.51. The number of halogens is 1. The van der Waals surface area contributed by atoms with Gasteiger partial charge in [-0.1, -0.05) is 13.0 Å². The van der Waals surface area contributed by atoms with Gasteiger partial charge < -0.3 is 4.90 Å². The van der Waals surface area contributed by atoms with Crippen molar-refractivity contribution >= 4 is 16.1 Å². The predicted octanol–water partition coefficient (Wildman–Crippen LogP) is 1.43. The van der Waals surface area contributed by atoms with Crippen LogP contribution in [0.2, 0.25) is 0 Å². The highest BCUT2D eigenvalue weighted by Crippen LogP contribution is 2.30. The quantitative estimate of drug-likeness (QED) is 0.785. The van der Waals surface area contributed by atoms with E-state index in [1.165, 1.54) is 4.90 Å². The minimum atomic E-state index is -4.67. The molecule has 0 saturated carbocycles. The zero-order chi connectivity index (χ0) is 14.0. The summed E-state index contributed by atoms with van der Waals surface area (Å²) in [5.41, 5.74) is 0.829. The van der Waals surface area contributed by atoms with E-state index < -0.39 is 15.5 Å². The second-order valence-electron chi connectivity index (χ2n) is 4.56. The molecule has 2 atom stereocenters. The fourth-order valence-electron chi connectivity index (χ4n) is 2.40. The lowest BCUT2D eigenvalue weighted by Crippen LogP contribution is -2.31. The summed E-state index contributed by atoms with van der Waals surface area (Å²) < 4.78 is 34.8. The number of carbonyl (C=O) groups is 1. The van der Waals surface area contributed by atoms with E-state index in [0.717, 1.165) is 5.56 Å². The molecule has 1 aromatic heterocycles. The molecular weight excluding hydrogens is 271 g/mol. The van der Waals surface area contributed by atoms with Gasteiger partial charge in [0.15, 0.2) is 0 Å². The van der Waals surface area contributed by atoms with Gasteiger partial charge in [0.25, 0.3) is 0 Å². The van der Waals surface area contributed by atoms with Crippen molar-refractivity contribution in [2.45, 2.75) is 31.1 Å². The number of pyridine rings is 1. The van der Waals surface area contributed by atoms with Gasteiger partial charge >= 0.3 is 10.2 Å². The van der Waals surface area contributed by atoms with Crippen LogP contribution in [0.1, 0.15) is 31.4 Å². The van der Waals surface area contributed by atoms with Crippen molar-refractivity contribution in [1.29, 1.82) is 0 Å². The van der Waals surface area contributed by atoms with Gasteiger partial charge in [-0.3, -0.25) is 9.78 Å². The van der Waals surface area contributed by atoms with Gasteiger partial charge in [0, 0.05) is 25.4 Å². The van der Waals surface area contributed by atoms with Crippen molar-refractivity contribution in [3.05, 3.63) is 30.1 Å². The van der Waals surface area contributed by atoms with E-state index in [4.69, 9.17) is 0 Å². The third-order valence-electron chi connectivity index (χ3n) is 3.35. The Morgan fingerprint density at radius 2 is 2.32 bits per heavy atom. The second-order valence-corrected chi connectivity index (χ2v) is 6.18. The number of aromatic nitrogens is 1. The van der Waals surface area contributed by atoms with Crippen LogP contribution in [0.15, 0.2) is 24.5 Å². The van der Waals surface area contributed by atoms with E-state index in [2.05, 4.69) is 4.98 Å². The number of hydrogen-bond donors (Lipinski definition) is 0. The van der Waals surface area contributed by atoms with Crippen LogP contribution in [0.4, 0.5) is 3.89 Å². The Labute approximate surface area is 111 Å². The van der Waals surface area contributed by atoms with Gasteiger partial charge in [-0.2, -0.15) is 8.42 Å². The third kappa shape index (κ3) is 2.91. The monoisotopic (exact) mass is 286 g/mol. The zero-order valence-electron chi connectivity index (χ0n) is 10.5. The molecule has 1 aliphatic rings. The molecule has 0 N–H and O–H groups in total. The number of amides is 1. The van der Waals surface area contributed by atoms with Crippen molar-refractivity contribution < 1.29 is 17.1 Å². The topological polar surface area (TPSA) is 67.3 Å². The fraction of sp³-hybridized carbons (Fsp3) is 0.500. The molecule has 2 unspecified atom stereocenters. The molecule has 1 fully saturated rings. The maximum absolute atomic E-state index is 13.0. The molecule has 1 aromatic rings. The van der Waals surface area contributed by atoms with Gasteiger partial charge in [-0.15, -0.1) is 3.89 Å². The summed E-state index contributed by atoms with van der Waals surface area (Å²) in [5, 5.41) is -1.24. The first-order valence-electron chi connectivity index (χ1n) is 6.06. The maximum Gasteiger partial charge on any atom is 0.307 e. The number of hydrogen-bond acceptors (Lipinski definition) is 4. The molecule has 1 saturated heterocycles. The van der Waals surface area contributed by atoms with Crippen molar-refractivity contribution in [3.63, 3.8) is 0 Å². The van der Waals surface area contributed by atoms with E-state index >= 15 is 0 Å². The molecule has 2 heterocycles. The smallest absolute Gasteiger partial charge is 0.307 e. The van der Waals surface area contributed by atoms with Crippen LogP contribution in [0.3, 0.4) is 0 Å². The van der Waals surface area contributed by atoms with E-state index in [0.29, 0.717) is 6.42 Å². The Morgan fingerprint density at radius 3 is 2.79 bits per heavy atom. The molecule has 5 nitrogen and oxygen atoms in total. The number of likely N-dealkylation sites (tertiary alicyclic amines) is 1. The lowest BCUT2D eigenvalue weighted by Gasteiger charge is -2.27. The van der Waals surface area contributed by atoms with E-state index in [9.17, 15) is 17.1 Å². The number of rotatable bonds is 4. The Hall–Kier alpha value is -1.50. The summed E-state index contributed by atoms with van der Waals surface area (Å²) in [6.07, 6.45) is 3.60. The van der Waals surface area contributed by atoms with Crippen molar-refractivity contribution in [2.75, 3.05) is 6.54 Å². The molecule has 0 spiro atoms. The Morgan fingerprint density at radius 1 is 1.58 bits per heavy atom. The van der Waals surface area contributed by atoms with Gasteiger partial charge in [-0.25, -0.2) is 0 Å². The normalized spacial score (nSPS) is 21.7. The summed E-state index contributed by atoms with van der Waals surface area (Å²) in [4.78, 5) is 17.3. The number of carbonyl (C=O) groups excluding carboxylic acids is 1. The summed E-state index contributed by atoms with van der Waals surface area (Å²) >= 11 is 0. The first kappa shape index (κ1) is 13.9. The van der Waals surface area contributed by atoms with Crippen LogP contribution in [0.25, 0.3) is 0 Å². The van der Waals surface area contributed by atoms with Crippen molar-refractivity contribution in [1.82, 2.24) is 9.88 Å². The van der Waals surface area contributed by atoms with Crippen LogP contribution >= 0.6 is 0 Å². The van der Waals surface area contributed by atoms with Crippen LogP contribution in [0, 0.1) is 0 Å². The SMILES string of the molecule is CCC(c1cccnc1)N1CC(S(=O)(=O)F)CC1=O. The molecule has 19 heavy (non-hydrogen) atoms. The summed E-state index contributed by atoms with van der Waals surface area (Å²) in [6, 6.07) is 3.32. The van der Waals surface area contributed by atoms with E-state index in [1.54, 1.807) is 18.5 Å². The highest BCUT2D eigenvalue weighted by atomic mass is 32.3. The van der Waals surface area contributed by atoms with Crippen LogP contribution in [-0.2, 0) is 15.0 Å². The van der Waals surface area contributed by atoms with Gasteiger partial charge in [0.1, 0.15) is 5.25 Å². The zero-order valence-corrected chi connectivity index (χ0v) is 11.3. The summed E-state index contributed by atoms with van der Waals surface area (Å²) in [6.45, 7) is 1.80. The molecular formula is C12H15FN2O3S. The average molecular weight is 286 g/mol. The molecule has 0 radical (unpaired) electrons. The highest BCUT2D eigenvalue weighted by Gasteiger charge is 2.41. The predicted molar refractivity (Wildman–Crippen MR) is 67.4 cm³/mol. The molecule has 0 aliphatic carbocycles. The number of nitrogens with zero attached hydrogens (tertiary/aromatic N) is 2. The molecule has 104 valence electrons. The highest BCUT2D eigenvalue weighted by molar-refractivity contribution is 7.87. The largest absolute Gasteiger partial charge is 0.334 e. The first-order chi connectivity index (χ1) is 8.93. The van der Waals surface area contributed by atoms with Crippen molar-refractivity contribution in [3.8, 4) is 0 Å². The van der Waals surface area contributed by atoms with Crippen LogP contribution in [-0.4, -0.2) is 36.0 Å². The lowest BCUT2D eigenvalue weighted by atomic mass is 10.1. The van der Waals surface area contributed by atoms with E-state index in [1.807, 2.05) is 13.0 Å². The lowest BCUT2D eigenvalue weighted by molar-refractivity contribution is -0.129. The maximum atomic E-state index is 13.0. The van der Waals surface area contributed by atoms with E-state index in [-0.39, 0.29) is 24.9 Å². The molecule has 1 amide bonds. The molecule has 0 bridgehead atoms. The molecule has 1 aliphatic heterocycles. The Bertz CT molecular complexity index is 562. The minimum Gasteiger partial charge on any atom is -0.334 e. The van der Waals surface area contributed by atoms with Gasteiger partial charge in [-0.05, 0) is 18.1 Å². The Balaban J connectivity index is 2.24. The van der Waals surface area contributed by atoms with Crippen LogP contribution in [0.5, 0.6) is 0 Å². The summed E-state index contributed by atoms with van der Waals surface area (Å²) in [5.74, 6) is -0.332. The molecule has 0 aromatic carbocycles. The fourth-order valence-corrected chi connectivity index (χ4v) is 3.08.